The van der Waals surface area contributed by atoms with Crippen molar-refractivity contribution in [2.45, 2.75) is 13.0 Å². The van der Waals surface area contributed by atoms with Crippen molar-refractivity contribution in [1.29, 1.82) is 0 Å². The fraction of sp³-hybridized carbons (Fsp3) is 0.300. The van der Waals surface area contributed by atoms with Crippen molar-refractivity contribution in [3.05, 3.63) is 35.9 Å². The fourth-order valence-corrected chi connectivity index (χ4v) is 1.03. The Labute approximate surface area is 77.4 Å². The van der Waals surface area contributed by atoms with Gasteiger partial charge in [-0.1, -0.05) is 30.3 Å². The van der Waals surface area contributed by atoms with Gasteiger partial charge in [0.1, 0.15) is 0 Å². The van der Waals surface area contributed by atoms with Crippen LogP contribution >= 0.6 is 0 Å². The van der Waals surface area contributed by atoms with Crippen molar-refractivity contribution in [2.24, 2.45) is 0 Å². The average Bonchev–Trinajstić information content (AvgIpc) is 2.15. The highest BCUT2D eigenvalue weighted by molar-refractivity contribution is 5.72. The predicted molar refractivity (Wildman–Crippen MR) is 50.1 cm³/mol. The lowest BCUT2D eigenvalue weighted by molar-refractivity contribution is -0.119. The van der Waals surface area contributed by atoms with E-state index in [0.717, 1.165) is 5.56 Å². The van der Waals surface area contributed by atoms with Crippen molar-refractivity contribution >= 4 is 5.91 Å². The van der Waals surface area contributed by atoms with Crippen molar-refractivity contribution in [2.75, 3.05) is 6.54 Å². The van der Waals surface area contributed by atoms with Crippen LogP contribution in [0.1, 0.15) is 18.6 Å². The molecule has 0 radical (unpaired) electrons. The maximum atomic E-state index is 10.6. The lowest BCUT2D eigenvalue weighted by Gasteiger charge is -2.10. The Kier molecular flexibility index (Phi) is 3.46. The van der Waals surface area contributed by atoms with Gasteiger partial charge >= 0.3 is 0 Å². The molecular weight excluding hydrogens is 166 g/mol. The molecular formula is C10H13NO2. The Hall–Kier alpha value is -1.35. The number of nitrogens with one attached hydrogen (secondary N) is 1. The third kappa shape index (κ3) is 3.25. The summed E-state index contributed by atoms with van der Waals surface area (Å²) in [6, 6.07) is 9.24. The number of hydrogen-bond donors (Lipinski definition) is 2. The molecule has 1 rings (SSSR count). The molecule has 0 spiro atoms. The van der Waals surface area contributed by atoms with Crippen molar-refractivity contribution in [3.8, 4) is 0 Å². The summed E-state index contributed by atoms with van der Waals surface area (Å²) in [5.74, 6) is -0.130. The van der Waals surface area contributed by atoms with Crippen LogP contribution in [0.15, 0.2) is 30.3 Å². The summed E-state index contributed by atoms with van der Waals surface area (Å²) in [7, 11) is 0. The van der Waals surface area contributed by atoms with E-state index in [1.807, 2.05) is 30.3 Å². The van der Waals surface area contributed by atoms with E-state index in [-0.39, 0.29) is 12.5 Å². The highest BCUT2D eigenvalue weighted by Gasteiger charge is 2.05. The number of aliphatic hydroxyl groups is 1. The van der Waals surface area contributed by atoms with Crippen molar-refractivity contribution in [3.63, 3.8) is 0 Å². The van der Waals surface area contributed by atoms with Crippen LogP contribution in [0.5, 0.6) is 0 Å². The van der Waals surface area contributed by atoms with Crippen LogP contribution in [0.2, 0.25) is 0 Å². The number of rotatable bonds is 3. The van der Waals surface area contributed by atoms with Gasteiger partial charge in [0.05, 0.1) is 6.10 Å². The third-order valence-electron chi connectivity index (χ3n) is 1.73. The maximum absolute atomic E-state index is 10.6. The molecule has 0 fully saturated rings. The first-order valence-electron chi connectivity index (χ1n) is 4.17. The molecule has 3 nitrogen and oxygen atoms in total. The van der Waals surface area contributed by atoms with Gasteiger partial charge in [0.15, 0.2) is 0 Å². The number of hydrogen-bond acceptors (Lipinski definition) is 2. The summed E-state index contributed by atoms with van der Waals surface area (Å²) in [5.41, 5.74) is 0.816. The molecule has 0 bridgehead atoms. The van der Waals surface area contributed by atoms with Crippen molar-refractivity contribution in [1.82, 2.24) is 5.32 Å². The molecule has 1 aromatic carbocycles. The smallest absolute Gasteiger partial charge is 0.216 e. The molecule has 13 heavy (non-hydrogen) atoms. The molecule has 2 N–H and O–H groups in total. The zero-order valence-electron chi connectivity index (χ0n) is 7.53. The van der Waals surface area contributed by atoms with Gasteiger partial charge in [-0.05, 0) is 5.56 Å². The topological polar surface area (TPSA) is 49.3 Å². The standard InChI is InChI=1S/C10H13NO2/c1-8(12)11-7-10(13)9-5-3-2-4-6-9/h2-6,10,13H,7H2,1H3,(H,11,12)/t10-/m0/s1. The summed E-state index contributed by atoms with van der Waals surface area (Å²) in [6.45, 7) is 1.69. The largest absolute Gasteiger partial charge is 0.387 e. The minimum absolute atomic E-state index is 0.130. The minimum Gasteiger partial charge on any atom is -0.387 e. The van der Waals surface area contributed by atoms with E-state index < -0.39 is 6.10 Å². The second-order valence-electron chi connectivity index (χ2n) is 2.86. The summed E-state index contributed by atoms with van der Waals surface area (Å²) in [6.07, 6.45) is -0.620. The van der Waals surface area contributed by atoms with E-state index in [0.29, 0.717) is 0 Å². The summed E-state index contributed by atoms with van der Waals surface area (Å²) >= 11 is 0. The molecule has 0 aliphatic rings. The van der Waals surface area contributed by atoms with Crippen LogP contribution in [-0.4, -0.2) is 17.6 Å². The van der Waals surface area contributed by atoms with Gasteiger partial charge in [-0.25, -0.2) is 0 Å². The molecule has 1 aromatic rings. The maximum Gasteiger partial charge on any atom is 0.216 e. The Morgan fingerprint density at radius 3 is 2.62 bits per heavy atom. The Morgan fingerprint density at radius 1 is 1.46 bits per heavy atom. The third-order valence-corrected chi connectivity index (χ3v) is 1.73. The van der Waals surface area contributed by atoms with Crippen LogP contribution in [0.4, 0.5) is 0 Å². The van der Waals surface area contributed by atoms with Crippen molar-refractivity contribution < 1.29 is 9.90 Å². The van der Waals surface area contributed by atoms with Crippen LogP contribution in [0.3, 0.4) is 0 Å². The van der Waals surface area contributed by atoms with Gasteiger partial charge in [-0.3, -0.25) is 4.79 Å². The first-order chi connectivity index (χ1) is 6.20. The summed E-state index contributed by atoms with van der Waals surface area (Å²) in [5, 5.41) is 12.1. The number of benzene rings is 1. The van der Waals surface area contributed by atoms with Crippen LogP contribution in [0, 0.1) is 0 Å². The number of amides is 1. The van der Waals surface area contributed by atoms with E-state index in [1.54, 1.807) is 0 Å². The van der Waals surface area contributed by atoms with Crippen LogP contribution < -0.4 is 5.32 Å². The van der Waals surface area contributed by atoms with E-state index in [9.17, 15) is 9.90 Å². The Bertz CT molecular complexity index is 272. The number of aliphatic hydroxyl groups excluding tert-OH is 1. The van der Waals surface area contributed by atoms with Gasteiger partial charge in [-0.2, -0.15) is 0 Å². The number of carbonyl (C=O) groups excluding carboxylic acids is 1. The molecule has 0 aromatic heterocycles. The summed E-state index contributed by atoms with van der Waals surface area (Å²) < 4.78 is 0. The first-order valence-corrected chi connectivity index (χ1v) is 4.17. The first kappa shape index (κ1) is 9.74. The molecule has 1 atom stereocenters. The fourth-order valence-electron chi connectivity index (χ4n) is 1.03. The zero-order valence-corrected chi connectivity index (χ0v) is 7.53. The minimum atomic E-state index is -0.620. The molecule has 0 unspecified atom stereocenters. The van der Waals surface area contributed by atoms with Gasteiger partial charge in [0, 0.05) is 13.5 Å². The molecule has 0 heterocycles. The van der Waals surface area contributed by atoms with Gasteiger partial charge in [0.25, 0.3) is 0 Å². The monoisotopic (exact) mass is 179 g/mol. The molecule has 3 heteroatoms. The van der Waals surface area contributed by atoms with E-state index >= 15 is 0 Å². The van der Waals surface area contributed by atoms with Gasteiger partial charge in [0.2, 0.25) is 5.91 Å². The lowest BCUT2D eigenvalue weighted by Crippen LogP contribution is -2.25. The van der Waals surface area contributed by atoms with Crippen LogP contribution in [0.25, 0.3) is 0 Å². The van der Waals surface area contributed by atoms with Gasteiger partial charge < -0.3 is 10.4 Å². The molecule has 1 amide bonds. The normalized spacial score (nSPS) is 12.2. The highest BCUT2D eigenvalue weighted by atomic mass is 16.3. The van der Waals surface area contributed by atoms with E-state index in [2.05, 4.69) is 5.32 Å². The number of carbonyl (C=O) groups is 1. The van der Waals surface area contributed by atoms with E-state index in [4.69, 9.17) is 0 Å². The second-order valence-corrected chi connectivity index (χ2v) is 2.86. The Balaban J connectivity index is 2.49. The molecule has 70 valence electrons. The average molecular weight is 179 g/mol. The highest BCUT2D eigenvalue weighted by Crippen LogP contribution is 2.09. The van der Waals surface area contributed by atoms with Gasteiger partial charge in [-0.15, -0.1) is 0 Å². The van der Waals surface area contributed by atoms with Crippen LogP contribution in [-0.2, 0) is 4.79 Å². The SMILES string of the molecule is CC(=O)NC[C@H](O)c1ccccc1. The summed E-state index contributed by atoms with van der Waals surface area (Å²) in [4.78, 5) is 10.6. The molecule has 0 saturated carbocycles. The molecule has 0 aliphatic carbocycles. The van der Waals surface area contributed by atoms with E-state index in [1.165, 1.54) is 6.92 Å². The quantitative estimate of drug-likeness (QED) is 0.723. The molecule has 0 saturated heterocycles. The predicted octanol–water partition coefficient (Wildman–Crippen LogP) is 0.856. The lowest BCUT2D eigenvalue weighted by atomic mass is 10.1. The second kappa shape index (κ2) is 4.62. The molecule has 0 aliphatic heterocycles. The Morgan fingerprint density at radius 2 is 2.08 bits per heavy atom. The zero-order chi connectivity index (χ0) is 9.68.